The number of H-pyrrole nitrogens is 1. The van der Waals surface area contributed by atoms with Crippen LogP contribution in [0, 0.1) is 11.7 Å². The van der Waals surface area contributed by atoms with Crippen molar-refractivity contribution in [3.8, 4) is 17.1 Å². The third kappa shape index (κ3) is 3.60. The minimum absolute atomic E-state index is 0.355. The topological polar surface area (TPSA) is 55.2 Å². The molecule has 1 heterocycles. The monoisotopic (exact) mass is 366 g/mol. The van der Waals surface area contributed by atoms with Gasteiger partial charge in [0.1, 0.15) is 5.75 Å². The highest BCUT2D eigenvalue weighted by Crippen LogP contribution is 2.29. The van der Waals surface area contributed by atoms with E-state index < -0.39 is 0 Å². The van der Waals surface area contributed by atoms with Gasteiger partial charge in [0.05, 0.1) is 13.3 Å². The quantitative estimate of drug-likeness (QED) is 0.514. The van der Waals surface area contributed by atoms with Crippen molar-refractivity contribution in [3.05, 3.63) is 63.9 Å². The molecule has 0 atom stereocenters. The molecule has 2 aromatic carbocycles. The summed E-state index contributed by atoms with van der Waals surface area (Å²) in [5.41, 5.74) is 4.22. The second kappa shape index (κ2) is 7.66. The summed E-state index contributed by atoms with van der Waals surface area (Å²) in [6, 6.07) is 14.0. The van der Waals surface area contributed by atoms with Crippen molar-refractivity contribution in [2.24, 2.45) is 5.10 Å². The van der Waals surface area contributed by atoms with Gasteiger partial charge in [-0.05, 0) is 53.9 Å². The second-order valence-corrected chi connectivity index (χ2v) is 6.77. The average molecular weight is 366 g/mol. The number of hydrogen-bond donors (Lipinski definition) is 1. The molecule has 0 bridgehead atoms. The highest BCUT2D eigenvalue weighted by atomic mass is 32.1. The summed E-state index contributed by atoms with van der Waals surface area (Å²) in [5, 5.41) is 11.7. The van der Waals surface area contributed by atoms with Gasteiger partial charge in [0.25, 0.3) is 0 Å². The smallest absolute Gasteiger partial charge is 0.216 e. The normalized spacial score (nSPS) is 11.4. The van der Waals surface area contributed by atoms with Crippen LogP contribution in [0.25, 0.3) is 11.4 Å². The van der Waals surface area contributed by atoms with Gasteiger partial charge in [-0.2, -0.15) is 14.9 Å². The van der Waals surface area contributed by atoms with Crippen molar-refractivity contribution in [1.29, 1.82) is 0 Å². The standard InChI is InChI=1S/C20H22N4OS/c1-13(2)17-11-16(14(3)10-18(17)25-4)12-21-24-19(22-23-20(24)26)15-8-6-5-7-9-15/h5-13H,1-4H3,(H,23,26)/b21-12-. The molecule has 6 heteroatoms. The predicted molar refractivity (Wildman–Crippen MR) is 108 cm³/mol. The van der Waals surface area contributed by atoms with E-state index in [4.69, 9.17) is 17.0 Å². The van der Waals surface area contributed by atoms with E-state index in [2.05, 4.69) is 35.2 Å². The molecule has 0 radical (unpaired) electrons. The fourth-order valence-electron chi connectivity index (χ4n) is 2.78. The minimum Gasteiger partial charge on any atom is -0.496 e. The molecular weight excluding hydrogens is 344 g/mol. The first kappa shape index (κ1) is 18.1. The van der Waals surface area contributed by atoms with Gasteiger partial charge in [0.15, 0.2) is 5.82 Å². The molecule has 3 rings (SSSR count). The summed E-state index contributed by atoms with van der Waals surface area (Å²) in [5.74, 6) is 1.94. The Balaban J connectivity index is 2.03. The summed E-state index contributed by atoms with van der Waals surface area (Å²) in [4.78, 5) is 0. The number of aromatic nitrogens is 3. The molecule has 0 amide bonds. The molecule has 1 N–H and O–H groups in total. The SMILES string of the molecule is COc1cc(C)c(/C=N\n2c(-c3ccccc3)n[nH]c2=S)cc1C(C)C. The maximum atomic E-state index is 5.51. The van der Waals surface area contributed by atoms with Crippen LogP contribution in [0.1, 0.15) is 36.5 Å². The zero-order chi connectivity index (χ0) is 18.7. The highest BCUT2D eigenvalue weighted by molar-refractivity contribution is 7.71. The number of nitrogens with one attached hydrogen (secondary N) is 1. The molecule has 0 unspecified atom stereocenters. The van der Waals surface area contributed by atoms with Gasteiger partial charge in [0, 0.05) is 5.56 Å². The van der Waals surface area contributed by atoms with Crippen molar-refractivity contribution in [3.63, 3.8) is 0 Å². The van der Waals surface area contributed by atoms with E-state index in [1.54, 1.807) is 11.8 Å². The predicted octanol–water partition coefficient (Wildman–Crippen LogP) is 4.93. The van der Waals surface area contributed by atoms with Gasteiger partial charge < -0.3 is 4.74 Å². The van der Waals surface area contributed by atoms with E-state index >= 15 is 0 Å². The van der Waals surface area contributed by atoms with Crippen molar-refractivity contribution in [2.45, 2.75) is 26.7 Å². The Hall–Kier alpha value is -2.73. The lowest BCUT2D eigenvalue weighted by molar-refractivity contribution is 0.407. The molecule has 0 aliphatic heterocycles. The molecule has 0 saturated carbocycles. The number of nitrogens with zero attached hydrogens (tertiary/aromatic N) is 3. The van der Waals surface area contributed by atoms with Crippen LogP contribution in [-0.2, 0) is 0 Å². The lowest BCUT2D eigenvalue weighted by Crippen LogP contribution is -2.00. The molecule has 1 aromatic heterocycles. The third-order valence-electron chi connectivity index (χ3n) is 4.24. The fourth-order valence-corrected chi connectivity index (χ4v) is 2.95. The third-order valence-corrected chi connectivity index (χ3v) is 4.50. The largest absolute Gasteiger partial charge is 0.496 e. The number of benzene rings is 2. The Kier molecular flexibility index (Phi) is 5.32. The van der Waals surface area contributed by atoms with Crippen molar-refractivity contribution < 1.29 is 4.74 Å². The van der Waals surface area contributed by atoms with Crippen molar-refractivity contribution in [2.75, 3.05) is 7.11 Å². The van der Waals surface area contributed by atoms with Gasteiger partial charge in [-0.15, -0.1) is 0 Å². The molecule has 0 aliphatic carbocycles. The zero-order valence-corrected chi connectivity index (χ0v) is 16.2. The fraction of sp³-hybridized carbons (Fsp3) is 0.250. The van der Waals surface area contributed by atoms with E-state index in [0.29, 0.717) is 16.5 Å². The van der Waals surface area contributed by atoms with Crippen molar-refractivity contribution >= 4 is 18.4 Å². The molecule has 5 nitrogen and oxygen atoms in total. The number of methoxy groups -OCH3 is 1. The van der Waals surface area contributed by atoms with Gasteiger partial charge in [0.2, 0.25) is 4.77 Å². The van der Waals surface area contributed by atoms with Crippen LogP contribution in [0.2, 0.25) is 0 Å². The Morgan fingerprint density at radius 1 is 1.23 bits per heavy atom. The molecule has 134 valence electrons. The van der Waals surface area contributed by atoms with Crippen LogP contribution in [-0.4, -0.2) is 28.2 Å². The average Bonchev–Trinajstić information content (AvgIpc) is 3.01. The lowest BCUT2D eigenvalue weighted by Gasteiger charge is -2.14. The molecule has 3 aromatic rings. The first-order valence-electron chi connectivity index (χ1n) is 8.47. The second-order valence-electron chi connectivity index (χ2n) is 6.38. The molecule has 0 saturated heterocycles. The summed E-state index contributed by atoms with van der Waals surface area (Å²) in [6.45, 7) is 6.34. The lowest BCUT2D eigenvalue weighted by atomic mass is 9.97. The van der Waals surface area contributed by atoms with E-state index in [0.717, 1.165) is 28.0 Å². The molecule has 0 spiro atoms. The number of hydrogen-bond acceptors (Lipinski definition) is 4. The maximum absolute atomic E-state index is 5.51. The number of rotatable bonds is 5. The van der Waals surface area contributed by atoms with Gasteiger partial charge in [-0.3, -0.25) is 0 Å². The molecule has 26 heavy (non-hydrogen) atoms. The Morgan fingerprint density at radius 3 is 2.62 bits per heavy atom. The summed E-state index contributed by atoms with van der Waals surface area (Å²) in [7, 11) is 1.70. The van der Waals surface area contributed by atoms with Crippen molar-refractivity contribution in [1.82, 2.24) is 14.9 Å². The van der Waals surface area contributed by atoms with E-state index in [1.807, 2.05) is 49.5 Å². The molecule has 0 fully saturated rings. The van der Waals surface area contributed by atoms with Gasteiger partial charge >= 0.3 is 0 Å². The van der Waals surface area contributed by atoms with Gasteiger partial charge in [-0.25, -0.2) is 5.10 Å². The summed E-state index contributed by atoms with van der Waals surface area (Å²) < 4.78 is 7.60. The number of aryl methyl sites for hydroxylation is 1. The van der Waals surface area contributed by atoms with Crippen LogP contribution < -0.4 is 4.74 Å². The van der Waals surface area contributed by atoms with E-state index in [1.165, 1.54) is 0 Å². The molecular formula is C20H22N4OS. The Bertz CT molecular complexity index is 987. The van der Waals surface area contributed by atoms with Crippen LogP contribution in [0.15, 0.2) is 47.6 Å². The first-order chi connectivity index (χ1) is 12.5. The van der Waals surface area contributed by atoms with Gasteiger partial charge in [-0.1, -0.05) is 44.2 Å². The van der Waals surface area contributed by atoms with E-state index in [9.17, 15) is 0 Å². The number of aromatic amines is 1. The summed E-state index contributed by atoms with van der Waals surface area (Å²) in [6.07, 6.45) is 1.82. The maximum Gasteiger partial charge on any atom is 0.216 e. The first-order valence-corrected chi connectivity index (χ1v) is 8.87. The highest BCUT2D eigenvalue weighted by Gasteiger charge is 2.11. The zero-order valence-electron chi connectivity index (χ0n) is 15.4. The summed E-state index contributed by atoms with van der Waals surface area (Å²) >= 11 is 5.34. The van der Waals surface area contributed by atoms with Crippen LogP contribution >= 0.6 is 12.2 Å². The minimum atomic E-state index is 0.355. The van der Waals surface area contributed by atoms with Crippen LogP contribution in [0.5, 0.6) is 5.75 Å². The Morgan fingerprint density at radius 2 is 1.96 bits per heavy atom. The van der Waals surface area contributed by atoms with Crippen LogP contribution in [0.4, 0.5) is 0 Å². The van der Waals surface area contributed by atoms with E-state index in [-0.39, 0.29) is 0 Å². The number of ether oxygens (including phenoxy) is 1. The van der Waals surface area contributed by atoms with Crippen LogP contribution in [0.3, 0.4) is 0 Å². The molecule has 0 aliphatic rings. The Labute approximate surface area is 158 Å².